The van der Waals surface area contributed by atoms with Crippen LogP contribution in [0.2, 0.25) is 0 Å². The SMILES string of the molecule is CC(C)(C)OC(=O)N1CCN(C(=O)Cc2ccccc2)C(CN)C1. The molecule has 0 aliphatic carbocycles. The van der Waals surface area contributed by atoms with Crippen LogP contribution in [-0.2, 0) is 16.0 Å². The summed E-state index contributed by atoms with van der Waals surface area (Å²) in [6.45, 7) is 7.19. The lowest BCUT2D eigenvalue weighted by molar-refractivity contribution is -0.135. The summed E-state index contributed by atoms with van der Waals surface area (Å²) in [6.07, 6.45) is 0.000144. The van der Waals surface area contributed by atoms with Gasteiger partial charge in [0.2, 0.25) is 5.91 Å². The summed E-state index contributed by atoms with van der Waals surface area (Å²) in [5, 5.41) is 0. The molecule has 1 saturated heterocycles. The topological polar surface area (TPSA) is 75.9 Å². The Hall–Kier alpha value is -2.08. The Morgan fingerprint density at radius 3 is 2.46 bits per heavy atom. The normalized spacial score (nSPS) is 18.4. The lowest BCUT2D eigenvalue weighted by Crippen LogP contribution is -2.59. The molecule has 1 aliphatic heterocycles. The monoisotopic (exact) mass is 333 g/mol. The molecule has 1 unspecified atom stereocenters. The van der Waals surface area contributed by atoms with Gasteiger partial charge in [0.15, 0.2) is 0 Å². The number of carbonyl (C=O) groups excluding carboxylic acids is 2. The van der Waals surface area contributed by atoms with E-state index in [9.17, 15) is 9.59 Å². The largest absolute Gasteiger partial charge is 0.444 e. The van der Waals surface area contributed by atoms with E-state index in [1.807, 2.05) is 51.1 Å². The summed E-state index contributed by atoms with van der Waals surface area (Å²) in [4.78, 5) is 28.2. The molecule has 0 bridgehead atoms. The van der Waals surface area contributed by atoms with E-state index < -0.39 is 5.60 Å². The quantitative estimate of drug-likeness (QED) is 0.912. The number of benzene rings is 1. The van der Waals surface area contributed by atoms with Gasteiger partial charge in [-0.15, -0.1) is 0 Å². The van der Waals surface area contributed by atoms with Crippen LogP contribution in [0.5, 0.6) is 0 Å². The highest BCUT2D eigenvalue weighted by molar-refractivity contribution is 5.79. The highest BCUT2D eigenvalue weighted by Gasteiger charge is 2.33. The smallest absolute Gasteiger partial charge is 0.410 e. The van der Waals surface area contributed by atoms with E-state index in [2.05, 4.69) is 0 Å². The Morgan fingerprint density at radius 2 is 1.88 bits per heavy atom. The molecule has 132 valence electrons. The van der Waals surface area contributed by atoms with Crippen molar-refractivity contribution in [3.8, 4) is 0 Å². The van der Waals surface area contributed by atoms with Crippen molar-refractivity contribution in [2.45, 2.75) is 38.8 Å². The highest BCUT2D eigenvalue weighted by Crippen LogP contribution is 2.16. The Labute approximate surface area is 143 Å². The molecule has 1 heterocycles. The van der Waals surface area contributed by atoms with Crippen molar-refractivity contribution in [2.24, 2.45) is 5.73 Å². The fraction of sp³-hybridized carbons (Fsp3) is 0.556. The standard InChI is InChI=1S/C18H27N3O3/c1-18(2,3)24-17(23)20-9-10-21(15(12-19)13-20)16(22)11-14-7-5-4-6-8-14/h4-8,15H,9-13,19H2,1-3H3. The minimum Gasteiger partial charge on any atom is -0.444 e. The third-order valence-corrected chi connectivity index (χ3v) is 3.93. The number of amides is 2. The Bertz CT molecular complexity index is 569. The molecular weight excluding hydrogens is 306 g/mol. The predicted octanol–water partition coefficient (Wildman–Crippen LogP) is 1.64. The molecule has 0 saturated carbocycles. The first kappa shape index (κ1) is 18.3. The average Bonchev–Trinajstić information content (AvgIpc) is 2.53. The Balaban J connectivity index is 1.97. The number of hydrogen-bond donors (Lipinski definition) is 1. The number of rotatable bonds is 3. The van der Waals surface area contributed by atoms with Crippen molar-refractivity contribution < 1.29 is 14.3 Å². The fourth-order valence-electron chi connectivity index (χ4n) is 2.75. The molecule has 2 amide bonds. The lowest BCUT2D eigenvalue weighted by Gasteiger charge is -2.41. The van der Waals surface area contributed by atoms with Crippen LogP contribution in [0.15, 0.2) is 30.3 Å². The first-order valence-electron chi connectivity index (χ1n) is 8.31. The van der Waals surface area contributed by atoms with E-state index in [0.717, 1.165) is 5.56 Å². The van der Waals surface area contributed by atoms with Gasteiger partial charge >= 0.3 is 6.09 Å². The van der Waals surface area contributed by atoms with E-state index in [-0.39, 0.29) is 18.0 Å². The number of piperazine rings is 1. The van der Waals surface area contributed by atoms with Crippen molar-refractivity contribution in [3.05, 3.63) is 35.9 Å². The van der Waals surface area contributed by atoms with Crippen LogP contribution in [0.3, 0.4) is 0 Å². The summed E-state index contributed by atoms with van der Waals surface area (Å²) < 4.78 is 5.40. The van der Waals surface area contributed by atoms with Crippen molar-refractivity contribution in [3.63, 3.8) is 0 Å². The van der Waals surface area contributed by atoms with Gasteiger partial charge in [0.05, 0.1) is 12.5 Å². The van der Waals surface area contributed by atoms with Crippen LogP contribution in [-0.4, -0.2) is 59.6 Å². The van der Waals surface area contributed by atoms with Gasteiger partial charge in [-0.2, -0.15) is 0 Å². The van der Waals surface area contributed by atoms with Gasteiger partial charge in [-0.3, -0.25) is 4.79 Å². The first-order chi connectivity index (χ1) is 11.3. The van der Waals surface area contributed by atoms with Gasteiger partial charge in [-0.05, 0) is 26.3 Å². The molecule has 1 aromatic carbocycles. The predicted molar refractivity (Wildman–Crippen MR) is 92.5 cm³/mol. The summed E-state index contributed by atoms with van der Waals surface area (Å²) >= 11 is 0. The summed E-state index contributed by atoms with van der Waals surface area (Å²) in [7, 11) is 0. The second-order valence-electron chi connectivity index (χ2n) is 7.07. The minimum atomic E-state index is -0.532. The zero-order chi connectivity index (χ0) is 17.7. The van der Waals surface area contributed by atoms with Gasteiger partial charge in [0.25, 0.3) is 0 Å². The maximum Gasteiger partial charge on any atom is 0.410 e. The molecule has 6 nitrogen and oxygen atoms in total. The van der Waals surface area contributed by atoms with Gasteiger partial charge in [0.1, 0.15) is 5.60 Å². The molecular formula is C18H27N3O3. The highest BCUT2D eigenvalue weighted by atomic mass is 16.6. The molecule has 1 aromatic rings. The van der Waals surface area contributed by atoms with Crippen molar-refractivity contribution in [1.82, 2.24) is 9.80 Å². The Kier molecular flexibility index (Phi) is 5.83. The van der Waals surface area contributed by atoms with Crippen LogP contribution in [0.25, 0.3) is 0 Å². The molecule has 2 N–H and O–H groups in total. The molecule has 6 heteroatoms. The lowest BCUT2D eigenvalue weighted by atomic mass is 10.1. The maximum atomic E-state index is 12.6. The summed E-state index contributed by atoms with van der Waals surface area (Å²) in [6, 6.07) is 9.46. The van der Waals surface area contributed by atoms with E-state index in [4.69, 9.17) is 10.5 Å². The Morgan fingerprint density at radius 1 is 1.21 bits per heavy atom. The van der Waals surface area contributed by atoms with Gasteiger partial charge in [-0.1, -0.05) is 30.3 Å². The zero-order valence-electron chi connectivity index (χ0n) is 14.7. The van der Waals surface area contributed by atoms with Crippen molar-refractivity contribution in [1.29, 1.82) is 0 Å². The van der Waals surface area contributed by atoms with Crippen molar-refractivity contribution >= 4 is 12.0 Å². The molecule has 1 atom stereocenters. The molecule has 1 aliphatic rings. The van der Waals surface area contributed by atoms with Gasteiger partial charge in [-0.25, -0.2) is 4.79 Å². The minimum absolute atomic E-state index is 0.0421. The summed E-state index contributed by atoms with van der Waals surface area (Å²) in [5.41, 5.74) is 6.29. The second-order valence-corrected chi connectivity index (χ2v) is 7.07. The van der Waals surface area contributed by atoms with Gasteiger partial charge < -0.3 is 20.3 Å². The van der Waals surface area contributed by atoms with Crippen LogP contribution >= 0.6 is 0 Å². The van der Waals surface area contributed by atoms with E-state index >= 15 is 0 Å². The fourth-order valence-corrected chi connectivity index (χ4v) is 2.75. The number of nitrogens with two attached hydrogens (primary N) is 1. The first-order valence-corrected chi connectivity index (χ1v) is 8.31. The van der Waals surface area contributed by atoms with Crippen LogP contribution in [0.4, 0.5) is 4.79 Å². The average molecular weight is 333 g/mol. The third-order valence-electron chi connectivity index (χ3n) is 3.93. The number of ether oxygens (including phenoxy) is 1. The van der Waals surface area contributed by atoms with Crippen LogP contribution in [0.1, 0.15) is 26.3 Å². The maximum absolute atomic E-state index is 12.6. The molecule has 0 radical (unpaired) electrons. The number of nitrogens with zero attached hydrogens (tertiary/aromatic N) is 2. The van der Waals surface area contributed by atoms with Gasteiger partial charge in [0, 0.05) is 26.2 Å². The van der Waals surface area contributed by atoms with E-state index in [1.54, 1.807) is 9.80 Å². The van der Waals surface area contributed by atoms with Crippen LogP contribution in [0, 0.1) is 0 Å². The molecule has 1 fully saturated rings. The second kappa shape index (κ2) is 7.66. The molecule has 0 spiro atoms. The molecule has 24 heavy (non-hydrogen) atoms. The zero-order valence-corrected chi connectivity index (χ0v) is 14.7. The van der Waals surface area contributed by atoms with E-state index in [1.165, 1.54) is 0 Å². The summed E-state index contributed by atoms with van der Waals surface area (Å²) in [5.74, 6) is 0.0421. The van der Waals surface area contributed by atoms with Crippen molar-refractivity contribution in [2.75, 3.05) is 26.2 Å². The molecule has 0 aromatic heterocycles. The molecule has 2 rings (SSSR count). The number of carbonyl (C=O) groups is 2. The van der Waals surface area contributed by atoms with Crippen LogP contribution < -0.4 is 5.73 Å². The number of hydrogen-bond acceptors (Lipinski definition) is 4. The third kappa shape index (κ3) is 4.96. The van der Waals surface area contributed by atoms with E-state index in [0.29, 0.717) is 32.6 Å².